The number of likely N-dealkylation sites (N-methyl/N-ethyl adjacent to an activating group) is 1. The zero-order valence-corrected chi connectivity index (χ0v) is 13.1. The summed E-state index contributed by atoms with van der Waals surface area (Å²) in [5.74, 6) is 3.14. The SMILES string of the molecule is CCNC1CC(C)CC(C)C1Oc1ccc(OC)cc1. The molecular formula is C17H27NO2. The van der Waals surface area contributed by atoms with Gasteiger partial charge in [-0.15, -0.1) is 0 Å². The fourth-order valence-electron chi connectivity index (χ4n) is 3.30. The highest BCUT2D eigenvalue weighted by atomic mass is 16.5. The Balaban J connectivity index is 2.06. The van der Waals surface area contributed by atoms with Gasteiger partial charge in [0, 0.05) is 6.04 Å². The van der Waals surface area contributed by atoms with Gasteiger partial charge in [0.2, 0.25) is 0 Å². The maximum absolute atomic E-state index is 6.26. The summed E-state index contributed by atoms with van der Waals surface area (Å²) in [4.78, 5) is 0. The molecule has 0 radical (unpaired) electrons. The second-order valence-electron chi connectivity index (χ2n) is 5.98. The first kappa shape index (κ1) is 15.2. The van der Waals surface area contributed by atoms with E-state index in [2.05, 4.69) is 26.1 Å². The van der Waals surface area contributed by atoms with E-state index in [9.17, 15) is 0 Å². The van der Waals surface area contributed by atoms with Crippen molar-refractivity contribution in [3.63, 3.8) is 0 Å². The highest BCUT2D eigenvalue weighted by molar-refractivity contribution is 5.31. The van der Waals surface area contributed by atoms with Crippen LogP contribution in [0.3, 0.4) is 0 Å². The minimum atomic E-state index is 0.250. The van der Waals surface area contributed by atoms with E-state index in [1.807, 2.05) is 24.3 Å². The Hall–Kier alpha value is -1.22. The van der Waals surface area contributed by atoms with E-state index in [0.29, 0.717) is 12.0 Å². The normalized spacial score (nSPS) is 30.0. The smallest absolute Gasteiger partial charge is 0.120 e. The number of hydrogen-bond acceptors (Lipinski definition) is 3. The van der Waals surface area contributed by atoms with Gasteiger partial charge < -0.3 is 14.8 Å². The van der Waals surface area contributed by atoms with E-state index in [-0.39, 0.29) is 6.10 Å². The van der Waals surface area contributed by atoms with E-state index in [4.69, 9.17) is 9.47 Å². The number of benzene rings is 1. The molecule has 1 aromatic rings. The van der Waals surface area contributed by atoms with Gasteiger partial charge in [-0.25, -0.2) is 0 Å². The molecule has 0 heterocycles. The molecule has 1 aliphatic rings. The molecule has 4 unspecified atom stereocenters. The molecule has 1 N–H and O–H groups in total. The quantitative estimate of drug-likeness (QED) is 0.893. The Morgan fingerprint density at radius 2 is 1.75 bits per heavy atom. The summed E-state index contributed by atoms with van der Waals surface area (Å²) in [6.07, 6.45) is 2.68. The molecule has 0 amide bonds. The lowest BCUT2D eigenvalue weighted by atomic mass is 9.78. The average Bonchev–Trinajstić information content (AvgIpc) is 2.43. The third-order valence-electron chi connectivity index (χ3n) is 4.19. The molecule has 1 aliphatic carbocycles. The monoisotopic (exact) mass is 277 g/mol. The second-order valence-corrected chi connectivity index (χ2v) is 5.98. The summed E-state index contributed by atoms with van der Waals surface area (Å²) in [6, 6.07) is 8.33. The maximum atomic E-state index is 6.26. The van der Waals surface area contributed by atoms with Crippen molar-refractivity contribution in [3.8, 4) is 11.5 Å². The predicted octanol–water partition coefficient (Wildman–Crippen LogP) is 3.49. The number of methoxy groups -OCH3 is 1. The van der Waals surface area contributed by atoms with Gasteiger partial charge in [0.1, 0.15) is 17.6 Å². The van der Waals surface area contributed by atoms with Crippen molar-refractivity contribution in [1.82, 2.24) is 5.32 Å². The summed E-state index contributed by atoms with van der Waals surface area (Å²) in [6.45, 7) is 7.79. The van der Waals surface area contributed by atoms with E-state index >= 15 is 0 Å². The summed E-state index contributed by atoms with van der Waals surface area (Å²) in [5.41, 5.74) is 0. The van der Waals surface area contributed by atoms with Crippen molar-refractivity contribution in [2.24, 2.45) is 11.8 Å². The Morgan fingerprint density at radius 3 is 2.35 bits per heavy atom. The zero-order chi connectivity index (χ0) is 14.5. The lowest BCUT2D eigenvalue weighted by Crippen LogP contribution is -2.50. The minimum absolute atomic E-state index is 0.250. The first-order valence-electron chi connectivity index (χ1n) is 7.68. The van der Waals surface area contributed by atoms with Crippen LogP contribution < -0.4 is 14.8 Å². The van der Waals surface area contributed by atoms with Crippen LogP contribution in [0.5, 0.6) is 11.5 Å². The summed E-state index contributed by atoms with van der Waals surface area (Å²) in [5, 5.41) is 3.59. The van der Waals surface area contributed by atoms with Crippen LogP contribution in [0, 0.1) is 11.8 Å². The third kappa shape index (κ3) is 3.66. The standard InChI is InChI=1S/C17H27NO2/c1-5-18-16-11-12(2)10-13(3)17(16)20-15-8-6-14(19-4)7-9-15/h6-9,12-13,16-18H,5,10-11H2,1-4H3. The van der Waals surface area contributed by atoms with Crippen LogP contribution in [0.25, 0.3) is 0 Å². The van der Waals surface area contributed by atoms with E-state index in [1.54, 1.807) is 7.11 Å². The van der Waals surface area contributed by atoms with Gasteiger partial charge in [-0.05, 0) is 55.5 Å². The first-order valence-corrected chi connectivity index (χ1v) is 7.68. The molecule has 0 saturated heterocycles. The Morgan fingerprint density at radius 1 is 1.10 bits per heavy atom. The molecule has 20 heavy (non-hydrogen) atoms. The van der Waals surface area contributed by atoms with Gasteiger partial charge in [0.05, 0.1) is 7.11 Å². The molecule has 3 heteroatoms. The topological polar surface area (TPSA) is 30.5 Å². The second kappa shape index (κ2) is 6.98. The Bertz CT molecular complexity index is 404. The van der Waals surface area contributed by atoms with Gasteiger partial charge in [0.15, 0.2) is 0 Å². The van der Waals surface area contributed by atoms with Gasteiger partial charge in [0.25, 0.3) is 0 Å². The van der Waals surface area contributed by atoms with Crippen molar-refractivity contribution in [1.29, 1.82) is 0 Å². The molecule has 0 spiro atoms. The van der Waals surface area contributed by atoms with Crippen molar-refractivity contribution >= 4 is 0 Å². The molecule has 1 fully saturated rings. The Labute approximate surface area is 122 Å². The van der Waals surface area contributed by atoms with Crippen LogP contribution in [-0.4, -0.2) is 25.8 Å². The number of rotatable bonds is 5. The summed E-state index contributed by atoms with van der Waals surface area (Å²) in [7, 11) is 1.68. The van der Waals surface area contributed by atoms with E-state index < -0.39 is 0 Å². The van der Waals surface area contributed by atoms with Crippen LogP contribution in [0.1, 0.15) is 33.6 Å². The molecule has 1 saturated carbocycles. The molecule has 1 aromatic carbocycles. The third-order valence-corrected chi connectivity index (χ3v) is 4.19. The summed E-state index contributed by atoms with van der Waals surface area (Å²) < 4.78 is 11.4. The fraction of sp³-hybridized carbons (Fsp3) is 0.647. The molecular weight excluding hydrogens is 250 g/mol. The number of ether oxygens (including phenoxy) is 2. The van der Waals surface area contributed by atoms with Gasteiger partial charge in [-0.3, -0.25) is 0 Å². The average molecular weight is 277 g/mol. The zero-order valence-electron chi connectivity index (χ0n) is 13.1. The van der Waals surface area contributed by atoms with Crippen molar-refractivity contribution in [2.75, 3.05) is 13.7 Å². The molecule has 0 aliphatic heterocycles. The van der Waals surface area contributed by atoms with Gasteiger partial charge in [-0.1, -0.05) is 20.8 Å². The van der Waals surface area contributed by atoms with Crippen LogP contribution >= 0.6 is 0 Å². The highest BCUT2D eigenvalue weighted by Crippen LogP contribution is 2.32. The molecule has 2 rings (SSSR count). The lowest BCUT2D eigenvalue weighted by molar-refractivity contribution is 0.0483. The fourth-order valence-corrected chi connectivity index (χ4v) is 3.30. The van der Waals surface area contributed by atoms with Crippen molar-refractivity contribution < 1.29 is 9.47 Å². The molecule has 4 atom stereocenters. The van der Waals surface area contributed by atoms with Crippen LogP contribution in [0.15, 0.2) is 24.3 Å². The van der Waals surface area contributed by atoms with Crippen LogP contribution in [0.2, 0.25) is 0 Å². The lowest BCUT2D eigenvalue weighted by Gasteiger charge is -2.40. The van der Waals surface area contributed by atoms with Crippen LogP contribution in [-0.2, 0) is 0 Å². The number of hydrogen-bond donors (Lipinski definition) is 1. The molecule has 0 aromatic heterocycles. The largest absolute Gasteiger partial charge is 0.497 e. The maximum Gasteiger partial charge on any atom is 0.120 e. The van der Waals surface area contributed by atoms with E-state index in [0.717, 1.165) is 24.0 Å². The van der Waals surface area contributed by atoms with Gasteiger partial charge >= 0.3 is 0 Å². The molecule has 0 bridgehead atoms. The Kier molecular flexibility index (Phi) is 5.30. The predicted molar refractivity (Wildman–Crippen MR) is 82.4 cm³/mol. The minimum Gasteiger partial charge on any atom is -0.497 e. The highest BCUT2D eigenvalue weighted by Gasteiger charge is 2.35. The van der Waals surface area contributed by atoms with Gasteiger partial charge in [-0.2, -0.15) is 0 Å². The first-order chi connectivity index (χ1) is 9.63. The van der Waals surface area contributed by atoms with Crippen LogP contribution in [0.4, 0.5) is 0 Å². The van der Waals surface area contributed by atoms with Crippen molar-refractivity contribution in [3.05, 3.63) is 24.3 Å². The summed E-state index contributed by atoms with van der Waals surface area (Å²) >= 11 is 0. The molecule has 3 nitrogen and oxygen atoms in total. The van der Waals surface area contributed by atoms with Crippen molar-refractivity contribution in [2.45, 2.75) is 45.8 Å². The van der Waals surface area contributed by atoms with E-state index in [1.165, 1.54) is 12.8 Å². The number of nitrogens with one attached hydrogen (secondary N) is 1. The molecule has 112 valence electrons.